The van der Waals surface area contributed by atoms with Gasteiger partial charge in [0.25, 0.3) is 0 Å². The lowest BCUT2D eigenvalue weighted by Crippen LogP contribution is -2.00. The van der Waals surface area contributed by atoms with Gasteiger partial charge in [0.15, 0.2) is 0 Å². The van der Waals surface area contributed by atoms with Gasteiger partial charge in [-0.3, -0.25) is 0 Å². The summed E-state index contributed by atoms with van der Waals surface area (Å²) in [7, 11) is 0. The Hall–Kier alpha value is -2.61. The van der Waals surface area contributed by atoms with Crippen molar-refractivity contribution in [1.29, 1.82) is 0 Å². The maximum absolute atomic E-state index is 11.6. The number of fused-ring (bicyclic) bond motifs is 1. The molecule has 0 bridgehead atoms. The molecule has 0 radical (unpaired) electrons. The highest BCUT2D eigenvalue weighted by atomic mass is 16.4. The molecule has 0 aliphatic rings. The number of rotatable bonds is 2. The second kappa shape index (κ2) is 4.58. The Morgan fingerprint density at radius 2 is 1.63 bits per heavy atom. The molecule has 0 N–H and O–H groups in total. The zero-order chi connectivity index (χ0) is 13.2. The molecule has 3 aromatic rings. The van der Waals surface area contributed by atoms with Gasteiger partial charge in [0, 0.05) is 11.5 Å². The highest BCUT2D eigenvalue weighted by Gasteiger charge is 2.09. The number of hydrogen-bond acceptors (Lipinski definition) is 2. The summed E-state index contributed by atoms with van der Waals surface area (Å²) in [6.45, 7) is 4.11. The van der Waals surface area contributed by atoms with E-state index in [2.05, 4.69) is 6.58 Å². The van der Waals surface area contributed by atoms with E-state index in [9.17, 15) is 4.79 Å². The monoisotopic (exact) mass is 248 g/mol. The number of benzene rings is 2. The predicted octanol–water partition coefficient (Wildman–Crippen LogP) is 3.85. The molecule has 92 valence electrons. The SMILES string of the molecule is C=C(c1ccccc1)c1cc(=O)oc2ccccc12. The van der Waals surface area contributed by atoms with Crippen molar-refractivity contribution in [2.45, 2.75) is 0 Å². The van der Waals surface area contributed by atoms with Crippen LogP contribution in [0.2, 0.25) is 0 Å². The molecule has 0 aliphatic heterocycles. The molecule has 1 heterocycles. The molecule has 0 aliphatic carbocycles. The van der Waals surface area contributed by atoms with E-state index >= 15 is 0 Å². The predicted molar refractivity (Wildman–Crippen MR) is 77.1 cm³/mol. The zero-order valence-electron chi connectivity index (χ0n) is 10.3. The van der Waals surface area contributed by atoms with Crippen molar-refractivity contribution in [2.75, 3.05) is 0 Å². The van der Waals surface area contributed by atoms with E-state index in [1.807, 2.05) is 48.5 Å². The van der Waals surface area contributed by atoms with Gasteiger partial charge in [0.05, 0.1) is 0 Å². The Labute approximate surface area is 110 Å². The minimum atomic E-state index is -0.356. The van der Waals surface area contributed by atoms with E-state index in [4.69, 9.17) is 4.42 Å². The van der Waals surface area contributed by atoms with Crippen molar-refractivity contribution in [3.8, 4) is 0 Å². The Kier molecular flexibility index (Phi) is 2.76. The Morgan fingerprint density at radius 3 is 2.42 bits per heavy atom. The highest BCUT2D eigenvalue weighted by Crippen LogP contribution is 2.27. The Balaban J connectivity index is 2.26. The minimum absolute atomic E-state index is 0.356. The molecule has 3 rings (SSSR count). The highest BCUT2D eigenvalue weighted by molar-refractivity contribution is 5.94. The maximum atomic E-state index is 11.6. The van der Waals surface area contributed by atoms with E-state index in [1.165, 1.54) is 6.07 Å². The average molecular weight is 248 g/mol. The van der Waals surface area contributed by atoms with Gasteiger partial charge in [-0.15, -0.1) is 0 Å². The van der Waals surface area contributed by atoms with Gasteiger partial charge < -0.3 is 4.42 Å². The summed E-state index contributed by atoms with van der Waals surface area (Å²) in [6.07, 6.45) is 0. The molecule has 2 nitrogen and oxygen atoms in total. The molecule has 0 atom stereocenters. The largest absolute Gasteiger partial charge is 0.423 e. The lowest BCUT2D eigenvalue weighted by Gasteiger charge is -2.08. The van der Waals surface area contributed by atoms with Gasteiger partial charge in [-0.2, -0.15) is 0 Å². The minimum Gasteiger partial charge on any atom is -0.423 e. The molecule has 0 fully saturated rings. The second-order valence-electron chi connectivity index (χ2n) is 4.32. The van der Waals surface area contributed by atoms with Gasteiger partial charge in [-0.05, 0) is 22.8 Å². The van der Waals surface area contributed by atoms with Crippen LogP contribution >= 0.6 is 0 Å². The van der Waals surface area contributed by atoms with Gasteiger partial charge in [0.1, 0.15) is 5.58 Å². The van der Waals surface area contributed by atoms with Crippen molar-refractivity contribution in [3.05, 3.63) is 88.8 Å². The molecule has 1 aromatic heterocycles. The molecule has 0 saturated heterocycles. The van der Waals surface area contributed by atoms with Crippen LogP contribution < -0.4 is 5.63 Å². The normalized spacial score (nSPS) is 10.5. The van der Waals surface area contributed by atoms with Gasteiger partial charge in [0.2, 0.25) is 0 Å². The van der Waals surface area contributed by atoms with Crippen LogP contribution in [0.4, 0.5) is 0 Å². The fraction of sp³-hybridized carbons (Fsp3) is 0. The summed E-state index contributed by atoms with van der Waals surface area (Å²) in [5, 5.41) is 0.899. The fourth-order valence-corrected chi connectivity index (χ4v) is 2.16. The third kappa shape index (κ3) is 2.08. The van der Waals surface area contributed by atoms with Crippen LogP contribution in [-0.4, -0.2) is 0 Å². The topological polar surface area (TPSA) is 30.2 Å². The Morgan fingerprint density at radius 1 is 0.947 bits per heavy atom. The van der Waals surface area contributed by atoms with Gasteiger partial charge in [-0.25, -0.2) is 4.79 Å². The lowest BCUT2D eigenvalue weighted by atomic mass is 9.97. The molecule has 0 saturated carbocycles. The first-order chi connectivity index (χ1) is 9.25. The summed E-state index contributed by atoms with van der Waals surface area (Å²) in [5.41, 5.74) is 2.87. The first-order valence-electron chi connectivity index (χ1n) is 6.03. The van der Waals surface area contributed by atoms with E-state index in [0.29, 0.717) is 5.58 Å². The number of para-hydroxylation sites is 1. The summed E-state index contributed by atoms with van der Waals surface area (Å²) < 4.78 is 5.19. The van der Waals surface area contributed by atoms with Crippen LogP contribution in [0.1, 0.15) is 11.1 Å². The molecule has 0 spiro atoms. The molecule has 19 heavy (non-hydrogen) atoms. The molecular formula is C17H12O2. The van der Waals surface area contributed by atoms with Crippen molar-refractivity contribution >= 4 is 16.5 Å². The second-order valence-corrected chi connectivity index (χ2v) is 4.32. The Bertz CT molecular complexity index is 798. The quantitative estimate of drug-likeness (QED) is 0.645. The maximum Gasteiger partial charge on any atom is 0.336 e. The van der Waals surface area contributed by atoms with E-state index in [-0.39, 0.29) is 5.63 Å². The third-order valence-corrected chi connectivity index (χ3v) is 3.10. The van der Waals surface area contributed by atoms with Crippen molar-refractivity contribution in [1.82, 2.24) is 0 Å². The van der Waals surface area contributed by atoms with Crippen LogP contribution in [0.25, 0.3) is 16.5 Å². The van der Waals surface area contributed by atoms with Crippen molar-refractivity contribution in [3.63, 3.8) is 0 Å². The molecular weight excluding hydrogens is 236 g/mol. The molecule has 0 amide bonds. The van der Waals surface area contributed by atoms with Crippen LogP contribution in [0.3, 0.4) is 0 Å². The number of hydrogen-bond donors (Lipinski definition) is 0. The summed E-state index contributed by atoms with van der Waals surface area (Å²) in [6, 6.07) is 18.8. The van der Waals surface area contributed by atoms with E-state index in [0.717, 1.165) is 22.1 Å². The van der Waals surface area contributed by atoms with Crippen LogP contribution in [-0.2, 0) is 0 Å². The average Bonchev–Trinajstić information content (AvgIpc) is 2.46. The fourth-order valence-electron chi connectivity index (χ4n) is 2.16. The molecule has 2 heteroatoms. The molecule has 0 unspecified atom stereocenters. The standard InChI is InChI=1S/C17H12O2/c1-12(13-7-3-2-4-8-13)15-11-17(18)19-16-10-6-5-9-14(15)16/h2-11H,1H2. The van der Waals surface area contributed by atoms with E-state index < -0.39 is 0 Å². The van der Waals surface area contributed by atoms with Crippen LogP contribution in [0.15, 0.2) is 76.5 Å². The zero-order valence-corrected chi connectivity index (χ0v) is 10.3. The molecule has 2 aromatic carbocycles. The summed E-state index contributed by atoms with van der Waals surface area (Å²) in [4.78, 5) is 11.6. The summed E-state index contributed by atoms with van der Waals surface area (Å²) >= 11 is 0. The first-order valence-corrected chi connectivity index (χ1v) is 6.03. The lowest BCUT2D eigenvalue weighted by molar-refractivity contribution is 0.560. The van der Waals surface area contributed by atoms with Crippen molar-refractivity contribution in [2.24, 2.45) is 0 Å². The summed E-state index contributed by atoms with van der Waals surface area (Å²) in [5.74, 6) is 0. The third-order valence-electron chi connectivity index (χ3n) is 3.10. The smallest absolute Gasteiger partial charge is 0.336 e. The van der Waals surface area contributed by atoms with E-state index in [1.54, 1.807) is 6.07 Å². The van der Waals surface area contributed by atoms with Crippen LogP contribution in [0, 0.1) is 0 Å². The van der Waals surface area contributed by atoms with Gasteiger partial charge in [-0.1, -0.05) is 55.1 Å². The first kappa shape index (κ1) is 11.5. The van der Waals surface area contributed by atoms with Crippen molar-refractivity contribution < 1.29 is 4.42 Å². The van der Waals surface area contributed by atoms with Crippen LogP contribution in [0.5, 0.6) is 0 Å². The van der Waals surface area contributed by atoms with Gasteiger partial charge >= 0.3 is 5.63 Å².